The molecular formula is C13H18N2O2. The van der Waals surface area contributed by atoms with Gasteiger partial charge in [-0.25, -0.2) is 0 Å². The maximum atomic E-state index is 10.7. The topological polar surface area (TPSA) is 50.4 Å². The summed E-state index contributed by atoms with van der Waals surface area (Å²) < 4.78 is 5.54. The molecule has 1 aromatic rings. The van der Waals surface area contributed by atoms with Gasteiger partial charge < -0.3 is 15.4 Å². The third-order valence-electron chi connectivity index (χ3n) is 2.86. The van der Waals surface area contributed by atoms with Crippen LogP contribution in [0.25, 0.3) is 0 Å². The van der Waals surface area contributed by atoms with E-state index in [-0.39, 0.29) is 11.9 Å². The minimum Gasteiger partial charge on any atom is -0.375 e. The Morgan fingerprint density at radius 3 is 3.06 bits per heavy atom. The van der Waals surface area contributed by atoms with Crippen LogP contribution in [0.3, 0.4) is 0 Å². The Labute approximate surface area is 101 Å². The first kappa shape index (κ1) is 12.1. The SMILES string of the molecule is CC(=O)NCCNC1COCc2ccccc21. The van der Waals surface area contributed by atoms with Crippen LogP contribution in [-0.4, -0.2) is 25.6 Å². The molecule has 0 fully saturated rings. The molecule has 4 nitrogen and oxygen atoms in total. The minimum atomic E-state index is 0.00657. The van der Waals surface area contributed by atoms with Crippen molar-refractivity contribution in [2.45, 2.75) is 19.6 Å². The maximum absolute atomic E-state index is 10.7. The second-order valence-corrected chi connectivity index (χ2v) is 4.20. The lowest BCUT2D eigenvalue weighted by Crippen LogP contribution is -2.35. The largest absolute Gasteiger partial charge is 0.375 e. The average molecular weight is 234 g/mol. The van der Waals surface area contributed by atoms with Crippen molar-refractivity contribution >= 4 is 5.91 Å². The van der Waals surface area contributed by atoms with E-state index in [4.69, 9.17) is 4.74 Å². The summed E-state index contributed by atoms with van der Waals surface area (Å²) in [6, 6.07) is 8.54. The van der Waals surface area contributed by atoms with E-state index in [1.807, 2.05) is 12.1 Å². The van der Waals surface area contributed by atoms with Gasteiger partial charge in [0.1, 0.15) is 0 Å². The van der Waals surface area contributed by atoms with Crippen molar-refractivity contribution in [1.82, 2.24) is 10.6 Å². The molecule has 0 saturated heterocycles. The summed E-state index contributed by atoms with van der Waals surface area (Å²) in [6.45, 7) is 4.31. The second-order valence-electron chi connectivity index (χ2n) is 4.20. The fourth-order valence-electron chi connectivity index (χ4n) is 2.04. The van der Waals surface area contributed by atoms with Crippen LogP contribution >= 0.6 is 0 Å². The Morgan fingerprint density at radius 1 is 1.41 bits per heavy atom. The molecule has 0 aromatic heterocycles. The van der Waals surface area contributed by atoms with Gasteiger partial charge >= 0.3 is 0 Å². The molecule has 1 unspecified atom stereocenters. The maximum Gasteiger partial charge on any atom is 0.216 e. The highest BCUT2D eigenvalue weighted by Gasteiger charge is 2.19. The zero-order valence-electron chi connectivity index (χ0n) is 10.0. The smallest absolute Gasteiger partial charge is 0.216 e. The minimum absolute atomic E-state index is 0.00657. The molecule has 0 aliphatic carbocycles. The summed E-state index contributed by atoms with van der Waals surface area (Å²) >= 11 is 0. The van der Waals surface area contributed by atoms with Crippen molar-refractivity contribution in [3.05, 3.63) is 35.4 Å². The zero-order valence-corrected chi connectivity index (χ0v) is 10.0. The summed E-state index contributed by atoms with van der Waals surface area (Å²) in [5.41, 5.74) is 2.55. The Morgan fingerprint density at radius 2 is 2.24 bits per heavy atom. The lowest BCUT2D eigenvalue weighted by molar-refractivity contribution is -0.118. The first-order valence-corrected chi connectivity index (χ1v) is 5.91. The van der Waals surface area contributed by atoms with Crippen molar-refractivity contribution in [3.63, 3.8) is 0 Å². The number of nitrogens with one attached hydrogen (secondary N) is 2. The van der Waals surface area contributed by atoms with Crippen LogP contribution in [0, 0.1) is 0 Å². The average Bonchev–Trinajstić information content (AvgIpc) is 2.34. The van der Waals surface area contributed by atoms with E-state index < -0.39 is 0 Å². The van der Waals surface area contributed by atoms with Gasteiger partial charge in [-0.2, -0.15) is 0 Å². The molecule has 1 atom stereocenters. The van der Waals surface area contributed by atoms with Crippen molar-refractivity contribution in [3.8, 4) is 0 Å². The Kier molecular flexibility index (Phi) is 4.12. The lowest BCUT2D eigenvalue weighted by Gasteiger charge is -2.26. The van der Waals surface area contributed by atoms with Crippen LogP contribution in [0.5, 0.6) is 0 Å². The number of benzene rings is 1. The van der Waals surface area contributed by atoms with Crippen molar-refractivity contribution in [2.24, 2.45) is 0 Å². The van der Waals surface area contributed by atoms with Gasteiger partial charge in [-0.05, 0) is 11.1 Å². The fourth-order valence-corrected chi connectivity index (χ4v) is 2.04. The monoisotopic (exact) mass is 234 g/mol. The van der Waals surface area contributed by atoms with E-state index in [0.717, 1.165) is 6.54 Å². The third-order valence-corrected chi connectivity index (χ3v) is 2.86. The predicted octanol–water partition coefficient (Wildman–Crippen LogP) is 0.984. The number of carbonyl (C=O) groups is 1. The molecule has 1 aliphatic rings. The molecule has 92 valence electrons. The van der Waals surface area contributed by atoms with E-state index in [0.29, 0.717) is 19.8 Å². The quantitative estimate of drug-likeness (QED) is 0.764. The molecule has 0 saturated carbocycles. The summed E-state index contributed by atoms with van der Waals surface area (Å²) in [5, 5.41) is 6.16. The van der Waals surface area contributed by atoms with E-state index in [1.54, 1.807) is 0 Å². The lowest BCUT2D eigenvalue weighted by atomic mass is 9.99. The van der Waals surface area contributed by atoms with E-state index in [2.05, 4.69) is 22.8 Å². The number of amides is 1. The van der Waals surface area contributed by atoms with Gasteiger partial charge in [0.25, 0.3) is 0 Å². The standard InChI is InChI=1S/C13H18N2O2/c1-10(16)14-6-7-15-13-9-17-8-11-4-2-3-5-12(11)13/h2-5,13,15H,6-9H2,1H3,(H,14,16). The van der Waals surface area contributed by atoms with Crippen LogP contribution in [0.15, 0.2) is 24.3 Å². The number of fused-ring (bicyclic) bond motifs is 1. The first-order valence-electron chi connectivity index (χ1n) is 5.91. The fraction of sp³-hybridized carbons (Fsp3) is 0.462. The van der Waals surface area contributed by atoms with Crippen LogP contribution < -0.4 is 10.6 Å². The van der Waals surface area contributed by atoms with Crippen LogP contribution in [0.2, 0.25) is 0 Å². The van der Waals surface area contributed by atoms with Gasteiger partial charge in [0, 0.05) is 20.0 Å². The number of carbonyl (C=O) groups excluding carboxylic acids is 1. The number of hydrogen-bond acceptors (Lipinski definition) is 3. The molecule has 17 heavy (non-hydrogen) atoms. The Bertz CT molecular complexity index is 393. The summed E-state index contributed by atoms with van der Waals surface area (Å²) in [5.74, 6) is 0.00657. The normalized spacial score (nSPS) is 18.5. The Balaban J connectivity index is 1.88. The molecular weight excluding hydrogens is 216 g/mol. The van der Waals surface area contributed by atoms with Gasteiger partial charge in [0.05, 0.1) is 19.3 Å². The number of rotatable bonds is 4. The molecule has 1 heterocycles. The predicted molar refractivity (Wildman–Crippen MR) is 65.5 cm³/mol. The molecule has 2 N–H and O–H groups in total. The summed E-state index contributed by atoms with van der Waals surface area (Å²) in [6.07, 6.45) is 0. The van der Waals surface area contributed by atoms with Crippen LogP contribution in [0.4, 0.5) is 0 Å². The second kappa shape index (κ2) is 5.80. The molecule has 4 heteroatoms. The Hall–Kier alpha value is -1.39. The van der Waals surface area contributed by atoms with E-state index in [9.17, 15) is 4.79 Å². The highest BCUT2D eigenvalue weighted by atomic mass is 16.5. The molecule has 2 rings (SSSR count). The van der Waals surface area contributed by atoms with E-state index in [1.165, 1.54) is 18.1 Å². The highest BCUT2D eigenvalue weighted by molar-refractivity contribution is 5.72. The van der Waals surface area contributed by atoms with Gasteiger partial charge in [-0.1, -0.05) is 24.3 Å². The molecule has 0 spiro atoms. The van der Waals surface area contributed by atoms with Crippen LogP contribution in [0.1, 0.15) is 24.1 Å². The summed E-state index contributed by atoms with van der Waals surface area (Å²) in [7, 11) is 0. The summed E-state index contributed by atoms with van der Waals surface area (Å²) in [4.78, 5) is 10.7. The first-order chi connectivity index (χ1) is 8.27. The van der Waals surface area contributed by atoms with Crippen molar-refractivity contribution in [2.75, 3.05) is 19.7 Å². The zero-order chi connectivity index (χ0) is 12.1. The van der Waals surface area contributed by atoms with Gasteiger partial charge in [-0.3, -0.25) is 4.79 Å². The molecule has 1 aliphatic heterocycles. The molecule has 0 bridgehead atoms. The van der Waals surface area contributed by atoms with Gasteiger partial charge in [-0.15, -0.1) is 0 Å². The van der Waals surface area contributed by atoms with E-state index >= 15 is 0 Å². The number of hydrogen-bond donors (Lipinski definition) is 2. The highest BCUT2D eigenvalue weighted by Crippen LogP contribution is 2.23. The van der Waals surface area contributed by atoms with Gasteiger partial charge in [0.15, 0.2) is 0 Å². The number of ether oxygens (including phenoxy) is 1. The van der Waals surface area contributed by atoms with Crippen molar-refractivity contribution < 1.29 is 9.53 Å². The van der Waals surface area contributed by atoms with Crippen LogP contribution in [-0.2, 0) is 16.1 Å². The van der Waals surface area contributed by atoms with Gasteiger partial charge in [0.2, 0.25) is 5.91 Å². The molecule has 1 amide bonds. The third kappa shape index (κ3) is 3.28. The van der Waals surface area contributed by atoms with Crippen molar-refractivity contribution in [1.29, 1.82) is 0 Å². The molecule has 1 aromatic carbocycles. The molecule has 0 radical (unpaired) electrons.